The van der Waals surface area contributed by atoms with E-state index in [1.807, 2.05) is 0 Å². The molecule has 0 spiro atoms. The SMILES string of the molecule is Nc1ccn([C@@H]2O[C@@](CO)(CCl)[C@@H](O)C2F)c(=O)n1. The molecular formula is C10H13ClFN3O4. The van der Waals surface area contributed by atoms with Crippen molar-refractivity contribution in [3.63, 3.8) is 0 Å². The summed E-state index contributed by atoms with van der Waals surface area (Å²) in [7, 11) is 0. The van der Waals surface area contributed by atoms with E-state index in [-0.39, 0.29) is 11.7 Å². The highest BCUT2D eigenvalue weighted by Crippen LogP contribution is 2.39. The van der Waals surface area contributed by atoms with Crippen molar-refractivity contribution in [3.8, 4) is 0 Å². The smallest absolute Gasteiger partial charge is 0.351 e. The van der Waals surface area contributed by atoms with Crippen molar-refractivity contribution in [2.24, 2.45) is 0 Å². The van der Waals surface area contributed by atoms with Crippen LogP contribution >= 0.6 is 11.6 Å². The number of halogens is 2. The molecule has 9 heteroatoms. The molecule has 0 radical (unpaired) electrons. The fourth-order valence-corrected chi connectivity index (χ4v) is 2.24. The molecule has 1 fully saturated rings. The van der Waals surface area contributed by atoms with E-state index >= 15 is 0 Å². The van der Waals surface area contributed by atoms with Crippen molar-refractivity contribution in [3.05, 3.63) is 22.7 Å². The highest BCUT2D eigenvalue weighted by molar-refractivity contribution is 6.18. The van der Waals surface area contributed by atoms with Crippen LogP contribution in [-0.2, 0) is 4.74 Å². The number of nitrogen functional groups attached to an aromatic ring is 1. The van der Waals surface area contributed by atoms with E-state index in [1.165, 1.54) is 12.3 Å². The number of anilines is 1. The van der Waals surface area contributed by atoms with Gasteiger partial charge in [0.25, 0.3) is 0 Å². The zero-order chi connectivity index (χ0) is 14.2. The Kier molecular flexibility index (Phi) is 3.77. The molecule has 1 saturated heterocycles. The Balaban J connectivity index is 2.39. The second kappa shape index (κ2) is 5.04. The molecule has 1 aromatic rings. The van der Waals surface area contributed by atoms with Gasteiger partial charge in [-0.05, 0) is 6.07 Å². The molecule has 0 amide bonds. The van der Waals surface area contributed by atoms with E-state index in [2.05, 4.69) is 4.98 Å². The van der Waals surface area contributed by atoms with Gasteiger partial charge in [0.05, 0.1) is 12.5 Å². The first-order valence-electron chi connectivity index (χ1n) is 5.46. The Labute approximate surface area is 112 Å². The van der Waals surface area contributed by atoms with Gasteiger partial charge in [-0.25, -0.2) is 9.18 Å². The van der Waals surface area contributed by atoms with E-state index in [4.69, 9.17) is 22.1 Å². The van der Waals surface area contributed by atoms with Crippen LogP contribution in [0, 0.1) is 0 Å². The summed E-state index contributed by atoms with van der Waals surface area (Å²) in [6.45, 7) is -0.675. The Morgan fingerprint density at radius 1 is 1.68 bits per heavy atom. The number of hydrogen-bond acceptors (Lipinski definition) is 6. The number of alkyl halides is 2. The molecule has 0 aromatic carbocycles. The van der Waals surface area contributed by atoms with E-state index in [1.54, 1.807) is 0 Å². The number of nitrogens with zero attached hydrogens (tertiary/aromatic N) is 2. The fraction of sp³-hybridized carbons (Fsp3) is 0.600. The van der Waals surface area contributed by atoms with Gasteiger partial charge in [0, 0.05) is 6.20 Å². The van der Waals surface area contributed by atoms with Gasteiger partial charge in [0.1, 0.15) is 17.5 Å². The Hall–Kier alpha value is -1.22. The Morgan fingerprint density at radius 2 is 2.37 bits per heavy atom. The highest BCUT2D eigenvalue weighted by atomic mass is 35.5. The molecule has 0 saturated carbocycles. The molecule has 0 bridgehead atoms. The van der Waals surface area contributed by atoms with E-state index in [0.29, 0.717) is 0 Å². The zero-order valence-corrected chi connectivity index (χ0v) is 10.5. The first-order chi connectivity index (χ1) is 8.95. The summed E-state index contributed by atoms with van der Waals surface area (Å²) in [5.74, 6) is -0.334. The molecule has 2 heterocycles. The summed E-state index contributed by atoms with van der Waals surface area (Å²) in [6.07, 6.45) is -3.78. The Bertz CT molecular complexity index is 522. The minimum absolute atomic E-state index is 0.0130. The second-order valence-corrected chi connectivity index (χ2v) is 4.56. The summed E-state index contributed by atoms with van der Waals surface area (Å²) in [5, 5.41) is 19.0. The van der Waals surface area contributed by atoms with Gasteiger partial charge in [-0.1, -0.05) is 0 Å². The summed E-state index contributed by atoms with van der Waals surface area (Å²) in [4.78, 5) is 15.1. The normalized spacial score (nSPS) is 34.6. The van der Waals surface area contributed by atoms with Crippen molar-refractivity contribution < 1.29 is 19.3 Å². The van der Waals surface area contributed by atoms with E-state index in [0.717, 1.165) is 4.57 Å². The minimum Gasteiger partial charge on any atom is -0.393 e. The lowest BCUT2D eigenvalue weighted by molar-refractivity contribution is -0.115. The third-order valence-electron chi connectivity index (χ3n) is 3.09. The minimum atomic E-state index is -1.92. The maximum Gasteiger partial charge on any atom is 0.351 e. The van der Waals surface area contributed by atoms with Crippen LogP contribution in [0.3, 0.4) is 0 Å². The number of rotatable bonds is 3. The van der Waals surface area contributed by atoms with Crippen LogP contribution < -0.4 is 11.4 Å². The fourth-order valence-electron chi connectivity index (χ4n) is 1.93. The maximum atomic E-state index is 14.1. The summed E-state index contributed by atoms with van der Waals surface area (Å²) < 4.78 is 20.2. The molecule has 0 aliphatic carbocycles. The number of ether oxygens (including phenoxy) is 1. The van der Waals surface area contributed by atoms with Crippen molar-refractivity contribution >= 4 is 17.4 Å². The van der Waals surface area contributed by atoms with Gasteiger partial charge in [0.2, 0.25) is 0 Å². The van der Waals surface area contributed by atoms with Gasteiger partial charge in [0.15, 0.2) is 12.4 Å². The van der Waals surface area contributed by atoms with Crippen LogP contribution in [-0.4, -0.2) is 50.1 Å². The number of nitrogens with two attached hydrogens (primary N) is 1. The second-order valence-electron chi connectivity index (χ2n) is 4.30. The first-order valence-corrected chi connectivity index (χ1v) is 6.00. The van der Waals surface area contributed by atoms with Crippen LogP contribution in [0.2, 0.25) is 0 Å². The van der Waals surface area contributed by atoms with Gasteiger partial charge >= 0.3 is 5.69 Å². The van der Waals surface area contributed by atoms with Crippen LogP contribution in [0.25, 0.3) is 0 Å². The maximum absolute atomic E-state index is 14.1. The number of aliphatic hydroxyl groups excluding tert-OH is 2. The number of hydrogen-bond donors (Lipinski definition) is 3. The van der Waals surface area contributed by atoms with Crippen LogP contribution in [0.4, 0.5) is 10.2 Å². The average molecular weight is 294 g/mol. The van der Waals surface area contributed by atoms with Crippen molar-refractivity contribution in [1.29, 1.82) is 0 Å². The van der Waals surface area contributed by atoms with Gasteiger partial charge < -0.3 is 20.7 Å². The molecule has 4 N–H and O–H groups in total. The quantitative estimate of drug-likeness (QED) is 0.618. The zero-order valence-electron chi connectivity index (χ0n) is 9.74. The molecule has 4 atom stereocenters. The van der Waals surface area contributed by atoms with Crippen molar-refractivity contribution in [2.45, 2.75) is 24.1 Å². The molecule has 2 rings (SSSR count). The predicted octanol–water partition coefficient (Wildman–Crippen LogP) is -0.977. The molecule has 1 aromatic heterocycles. The topological polar surface area (TPSA) is 111 Å². The molecule has 7 nitrogen and oxygen atoms in total. The van der Waals surface area contributed by atoms with Crippen LogP contribution in [0.15, 0.2) is 17.1 Å². The molecule has 1 aliphatic rings. The van der Waals surface area contributed by atoms with E-state index < -0.39 is 36.4 Å². The third-order valence-corrected chi connectivity index (χ3v) is 3.54. The number of aliphatic hydroxyl groups is 2. The lowest BCUT2D eigenvalue weighted by Gasteiger charge is -2.26. The molecular weight excluding hydrogens is 281 g/mol. The van der Waals surface area contributed by atoms with Crippen LogP contribution in [0.1, 0.15) is 6.23 Å². The average Bonchev–Trinajstić information content (AvgIpc) is 2.64. The summed E-state index contributed by atoms with van der Waals surface area (Å²) in [5.41, 5.74) is 2.86. The number of aromatic nitrogens is 2. The van der Waals surface area contributed by atoms with Crippen molar-refractivity contribution in [1.82, 2.24) is 9.55 Å². The molecule has 19 heavy (non-hydrogen) atoms. The lowest BCUT2D eigenvalue weighted by Crippen LogP contribution is -2.47. The van der Waals surface area contributed by atoms with Crippen molar-refractivity contribution in [2.75, 3.05) is 18.2 Å². The largest absolute Gasteiger partial charge is 0.393 e. The third kappa shape index (κ3) is 2.20. The molecule has 1 unspecified atom stereocenters. The van der Waals surface area contributed by atoms with Gasteiger partial charge in [-0.15, -0.1) is 11.6 Å². The summed E-state index contributed by atoms with van der Waals surface area (Å²) >= 11 is 5.61. The summed E-state index contributed by atoms with van der Waals surface area (Å²) in [6, 6.07) is 1.30. The molecule has 1 aliphatic heterocycles. The lowest BCUT2D eigenvalue weighted by atomic mass is 9.99. The van der Waals surface area contributed by atoms with E-state index in [9.17, 15) is 19.4 Å². The van der Waals surface area contributed by atoms with Gasteiger partial charge in [-0.3, -0.25) is 4.57 Å². The van der Waals surface area contributed by atoms with Crippen LogP contribution in [0.5, 0.6) is 0 Å². The molecule has 106 valence electrons. The standard InChI is InChI=1S/C10H13ClFN3O4/c11-3-10(4-16)7(17)6(12)8(19-10)15-2-1-5(13)14-9(15)18/h1-2,6-8,16-17H,3-4H2,(H2,13,14,18)/t6?,7-,8+,10+/m0/s1. The monoisotopic (exact) mass is 293 g/mol. The predicted molar refractivity (Wildman–Crippen MR) is 64.5 cm³/mol. The first kappa shape index (κ1) is 14.2. The van der Waals surface area contributed by atoms with Gasteiger partial charge in [-0.2, -0.15) is 4.98 Å². The highest BCUT2D eigenvalue weighted by Gasteiger charge is 2.55. The Morgan fingerprint density at radius 3 is 2.84 bits per heavy atom.